The first-order chi connectivity index (χ1) is 18.4. The highest BCUT2D eigenvalue weighted by Crippen LogP contribution is 2.57. The summed E-state index contributed by atoms with van der Waals surface area (Å²) < 4.78 is 0. The Balaban J connectivity index is 1.55. The van der Waals surface area contributed by atoms with E-state index in [4.69, 9.17) is 23.2 Å². The van der Waals surface area contributed by atoms with Gasteiger partial charge in [-0.15, -0.1) is 0 Å². The number of likely N-dealkylation sites (N-methyl/N-ethyl adjacent to an activating group) is 1. The number of likely N-dealkylation sites (tertiary alicyclic amines) is 1. The van der Waals surface area contributed by atoms with Crippen LogP contribution in [0, 0.1) is 5.92 Å². The van der Waals surface area contributed by atoms with Gasteiger partial charge in [-0.3, -0.25) is 14.5 Å². The van der Waals surface area contributed by atoms with Crippen LogP contribution >= 0.6 is 23.2 Å². The van der Waals surface area contributed by atoms with Crippen molar-refractivity contribution in [3.63, 3.8) is 0 Å². The molecular weight excluding hydrogens is 515 g/mol. The first kappa shape index (κ1) is 24.9. The van der Waals surface area contributed by atoms with E-state index in [0.29, 0.717) is 28.7 Å². The molecule has 38 heavy (non-hydrogen) atoms. The van der Waals surface area contributed by atoms with Crippen molar-refractivity contribution >= 4 is 40.6 Å². The Morgan fingerprint density at radius 2 is 1.61 bits per heavy atom. The fourth-order valence-corrected chi connectivity index (χ4v) is 6.74. The summed E-state index contributed by atoms with van der Waals surface area (Å²) in [6.45, 7) is 0.850. The SMILES string of the molecule is CN1C[C@H](c2cccc(Cl)c2)[C@@H](C(=O)c2ccccc2)[C@]12C(=O)N(Cc1ccccc1Cl)c1ccccc12. The van der Waals surface area contributed by atoms with Gasteiger partial charge in [0.15, 0.2) is 5.78 Å². The zero-order valence-electron chi connectivity index (χ0n) is 20.9. The summed E-state index contributed by atoms with van der Waals surface area (Å²) in [4.78, 5) is 33.1. The number of benzene rings is 4. The third-order valence-corrected chi connectivity index (χ3v) is 8.61. The highest BCUT2D eigenvalue weighted by Gasteiger charge is 2.66. The first-order valence-corrected chi connectivity index (χ1v) is 13.4. The van der Waals surface area contributed by atoms with Crippen LogP contribution in [0.4, 0.5) is 5.69 Å². The zero-order chi connectivity index (χ0) is 26.4. The number of rotatable bonds is 5. The lowest BCUT2D eigenvalue weighted by molar-refractivity contribution is -0.129. The van der Waals surface area contributed by atoms with E-state index in [0.717, 1.165) is 22.4 Å². The average Bonchev–Trinajstić information content (AvgIpc) is 3.38. The predicted molar refractivity (Wildman–Crippen MR) is 152 cm³/mol. The van der Waals surface area contributed by atoms with Crippen molar-refractivity contribution in [3.8, 4) is 0 Å². The molecule has 1 saturated heterocycles. The second kappa shape index (κ2) is 9.70. The van der Waals surface area contributed by atoms with Crippen LogP contribution < -0.4 is 4.90 Å². The van der Waals surface area contributed by atoms with E-state index in [2.05, 4.69) is 4.90 Å². The molecule has 6 rings (SSSR count). The Labute approximate surface area is 232 Å². The minimum atomic E-state index is -1.17. The second-order valence-corrected chi connectivity index (χ2v) is 10.9. The molecule has 4 nitrogen and oxygen atoms in total. The van der Waals surface area contributed by atoms with Crippen molar-refractivity contribution in [1.29, 1.82) is 0 Å². The highest BCUT2D eigenvalue weighted by molar-refractivity contribution is 6.31. The van der Waals surface area contributed by atoms with E-state index < -0.39 is 11.5 Å². The molecule has 0 N–H and O–H groups in total. The van der Waals surface area contributed by atoms with Crippen LogP contribution in [0.25, 0.3) is 0 Å². The number of nitrogens with zero attached hydrogens (tertiary/aromatic N) is 2. The van der Waals surface area contributed by atoms with Crippen molar-refractivity contribution in [2.24, 2.45) is 5.92 Å². The fraction of sp³-hybridized carbons (Fsp3) is 0.188. The van der Waals surface area contributed by atoms with Crippen molar-refractivity contribution in [1.82, 2.24) is 4.90 Å². The van der Waals surface area contributed by atoms with Gasteiger partial charge in [0.2, 0.25) is 0 Å². The van der Waals surface area contributed by atoms with Crippen LogP contribution in [-0.2, 0) is 16.9 Å². The molecule has 3 atom stereocenters. The van der Waals surface area contributed by atoms with Crippen LogP contribution in [0.1, 0.15) is 33.0 Å². The number of fused-ring (bicyclic) bond motifs is 2. The number of carbonyl (C=O) groups is 2. The van der Waals surface area contributed by atoms with Gasteiger partial charge in [-0.25, -0.2) is 0 Å². The predicted octanol–water partition coefficient (Wildman–Crippen LogP) is 6.96. The summed E-state index contributed by atoms with van der Waals surface area (Å²) in [5.74, 6) is -1.05. The summed E-state index contributed by atoms with van der Waals surface area (Å²) in [7, 11) is 1.95. The minimum Gasteiger partial charge on any atom is -0.306 e. The molecule has 1 spiro atoms. The number of halogens is 2. The highest BCUT2D eigenvalue weighted by atomic mass is 35.5. The van der Waals surface area contributed by atoms with Gasteiger partial charge >= 0.3 is 0 Å². The van der Waals surface area contributed by atoms with Gasteiger partial charge in [0.05, 0.1) is 12.5 Å². The van der Waals surface area contributed by atoms with Crippen LogP contribution in [0.5, 0.6) is 0 Å². The van der Waals surface area contributed by atoms with Crippen molar-refractivity contribution in [3.05, 3.63) is 135 Å². The van der Waals surface area contributed by atoms with E-state index in [9.17, 15) is 9.59 Å². The number of hydrogen-bond acceptors (Lipinski definition) is 3. The van der Waals surface area contributed by atoms with Crippen LogP contribution in [-0.4, -0.2) is 30.2 Å². The molecule has 0 radical (unpaired) electrons. The smallest absolute Gasteiger partial charge is 0.253 e. The van der Waals surface area contributed by atoms with Crippen LogP contribution in [0.2, 0.25) is 10.0 Å². The van der Waals surface area contributed by atoms with Gasteiger partial charge in [0.25, 0.3) is 5.91 Å². The number of carbonyl (C=O) groups excluding carboxylic acids is 2. The summed E-state index contributed by atoms with van der Waals surface area (Å²) in [6.07, 6.45) is 0. The molecule has 0 saturated carbocycles. The van der Waals surface area contributed by atoms with Crippen LogP contribution in [0.15, 0.2) is 103 Å². The molecule has 4 aromatic rings. The largest absolute Gasteiger partial charge is 0.306 e. The fourth-order valence-electron chi connectivity index (χ4n) is 6.35. The third-order valence-electron chi connectivity index (χ3n) is 8.01. The Morgan fingerprint density at radius 1 is 0.895 bits per heavy atom. The van der Waals surface area contributed by atoms with E-state index in [1.807, 2.05) is 110 Å². The van der Waals surface area contributed by atoms with Crippen molar-refractivity contribution < 1.29 is 9.59 Å². The number of hydrogen-bond donors (Lipinski definition) is 0. The average molecular weight is 541 g/mol. The Morgan fingerprint density at radius 3 is 2.37 bits per heavy atom. The molecule has 2 heterocycles. The lowest BCUT2D eigenvalue weighted by Crippen LogP contribution is -2.53. The normalized spacial score (nSPS) is 22.7. The summed E-state index contributed by atoms with van der Waals surface area (Å²) in [5.41, 5.74) is 2.88. The quantitative estimate of drug-likeness (QED) is 0.257. The Bertz CT molecular complexity index is 1540. The van der Waals surface area contributed by atoms with Crippen molar-refractivity contribution in [2.75, 3.05) is 18.5 Å². The molecule has 1 amide bonds. The van der Waals surface area contributed by atoms with E-state index in [1.54, 1.807) is 4.90 Å². The molecule has 0 aromatic heterocycles. The van der Waals surface area contributed by atoms with Gasteiger partial charge in [-0.05, 0) is 42.4 Å². The standard InChI is InChI=1S/C32H26Cl2N2O2/c1-35-20-25(22-13-9-14-24(33)18-22)29(30(37)21-10-3-2-4-11-21)32(35)26-15-6-8-17-28(26)36(31(32)38)19-23-12-5-7-16-27(23)34/h2-18,25,29H,19-20H2,1H3/t25-,29+,32-/m1/s1. The van der Waals surface area contributed by atoms with Crippen molar-refractivity contribution in [2.45, 2.75) is 18.0 Å². The van der Waals surface area contributed by atoms with E-state index in [1.165, 1.54) is 0 Å². The summed E-state index contributed by atoms with van der Waals surface area (Å²) in [5, 5.41) is 1.21. The summed E-state index contributed by atoms with van der Waals surface area (Å²) in [6, 6.07) is 32.3. The molecule has 190 valence electrons. The molecule has 1 fully saturated rings. The maximum absolute atomic E-state index is 14.8. The second-order valence-electron chi connectivity index (χ2n) is 10.0. The molecule has 0 unspecified atom stereocenters. The van der Waals surface area contributed by atoms with E-state index >= 15 is 0 Å². The van der Waals surface area contributed by atoms with E-state index in [-0.39, 0.29) is 17.6 Å². The molecule has 6 heteroatoms. The third kappa shape index (κ3) is 3.79. The minimum absolute atomic E-state index is 0.0531. The first-order valence-electron chi connectivity index (χ1n) is 12.6. The number of anilines is 1. The Kier molecular flexibility index (Phi) is 6.35. The van der Waals surface area contributed by atoms with Gasteiger partial charge in [0.1, 0.15) is 5.54 Å². The van der Waals surface area contributed by atoms with Gasteiger partial charge in [-0.2, -0.15) is 0 Å². The Hall–Kier alpha value is -3.44. The molecule has 0 aliphatic carbocycles. The lowest BCUT2D eigenvalue weighted by atomic mass is 9.70. The summed E-state index contributed by atoms with van der Waals surface area (Å²) >= 11 is 12.9. The van der Waals surface area contributed by atoms with Gasteiger partial charge in [0, 0.05) is 39.3 Å². The molecule has 2 aliphatic rings. The topological polar surface area (TPSA) is 40.6 Å². The van der Waals surface area contributed by atoms with Gasteiger partial charge in [-0.1, -0.05) is 102 Å². The molecule has 4 aromatic carbocycles. The zero-order valence-corrected chi connectivity index (χ0v) is 22.4. The molecular formula is C32H26Cl2N2O2. The van der Waals surface area contributed by atoms with Gasteiger partial charge < -0.3 is 4.90 Å². The number of ketones is 1. The number of amides is 1. The maximum Gasteiger partial charge on any atom is 0.253 e. The maximum atomic E-state index is 14.8. The monoisotopic (exact) mass is 540 g/mol. The number of para-hydroxylation sites is 1. The van der Waals surface area contributed by atoms with Crippen LogP contribution in [0.3, 0.4) is 0 Å². The number of Topliss-reactive ketones (excluding diaryl/α,β-unsaturated/α-hetero) is 1. The lowest BCUT2D eigenvalue weighted by Gasteiger charge is -2.36. The molecule has 0 bridgehead atoms. The molecule has 2 aliphatic heterocycles.